The maximum absolute atomic E-state index is 12.7. The fourth-order valence-corrected chi connectivity index (χ4v) is 5.82. The van der Waals surface area contributed by atoms with E-state index in [1.165, 1.54) is 46.3 Å². The molecule has 5 nitrogen and oxygen atoms in total. The Kier molecular flexibility index (Phi) is 6.06. The average Bonchev–Trinajstić information content (AvgIpc) is 2.92. The number of nitrogens with zero attached hydrogens (tertiary/aromatic N) is 4. The van der Waals surface area contributed by atoms with Crippen LogP contribution >= 0.6 is 11.3 Å². The average molecular weight is 429 g/mol. The largest absolute Gasteiger partial charge is 0.352 e. The molecule has 0 radical (unpaired) electrons. The SMILES string of the molecule is CC[C@H](C)c1nc(N2CCN(C(=O)C(C)(C)C)CC2)c2c3c(sc2n1)CCCCC3. The summed E-state index contributed by atoms with van der Waals surface area (Å²) in [5.74, 6) is 2.71. The number of rotatable bonds is 3. The standard InChI is InChI=1S/C24H36N4OS/c1-6-16(2)20-25-21(27-12-14-28(15-13-27)23(29)24(3,4)5)19-17-10-8-7-9-11-18(17)30-22(19)26-20/h16H,6-15H2,1-5H3/t16-/m0/s1. The number of piperazine rings is 1. The van der Waals surface area contributed by atoms with E-state index < -0.39 is 0 Å². The molecule has 0 saturated carbocycles. The number of aromatic nitrogens is 2. The van der Waals surface area contributed by atoms with Crippen LogP contribution in [0.3, 0.4) is 0 Å². The molecule has 1 aliphatic carbocycles. The third-order valence-corrected chi connectivity index (χ3v) is 7.81. The van der Waals surface area contributed by atoms with Gasteiger partial charge < -0.3 is 9.80 Å². The molecule has 1 amide bonds. The van der Waals surface area contributed by atoms with Crippen LogP contribution in [0.4, 0.5) is 5.82 Å². The van der Waals surface area contributed by atoms with Crippen LogP contribution in [0.25, 0.3) is 10.2 Å². The molecule has 1 atom stereocenters. The van der Waals surface area contributed by atoms with E-state index in [4.69, 9.17) is 9.97 Å². The molecule has 0 aromatic carbocycles. The van der Waals surface area contributed by atoms with Gasteiger partial charge in [-0.3, -0.25) is 4.79 Å². The molecular weight excluding hydrogens is 392 g/mol. The minimum Gasteiger partial charge on any atom is -0.352 e. The van der Waals surface area contributed by atoms with Crippen molar-refractivity contribution in [2.75, 3.05) is 31.1 Å². The lowest BCUT2D eigenvalue weighted by Crippen LogP contribution is -2.52. The summed E-state index contributed by atoms with van der Waals surface area (Å²) in [4.78, 5) is 30.0. The Labute approximate surface area is 184 Å². The van der Waals surface area contributed by atoms with E-state index in [-0.39, 0.29) is 11.3 Å². The molecule has 1 saturated heterocycles. The van der Waals surface area contributed by atoms with Gasteiger partial charge in [0.05, 0.1) is 5.39 Å². The third kappa shape index (κ3) is 4.08. The van der Waals surface area contributed by atoms with Crippen molar-refractivity contribution in [2.45, 2.75) is 79.1 Å². The summed E-state index contributed by atoms with van der Waals surface area (Å²) in [6.45, 7) is 13.7. The number of anilines is 1. The van der Waals surface area contributed by atoms with E-state index in [2.05, 4.69) is 18.7 Å². The van der Waals surface area contributed by atoms with E-state index >= 15 is 0 Å². The number of carbonyl (C=O) groups is 1. The van der Waals surface area contributed by atoms with Gasteiger partial charge in [-0.2, -0.15) is 0 Å². The Morgan fingerprint density at radius 3 is 2.43 bits per heavy atom. The summed E-state index contributed by atoms with van der Waals surface area (Å²) in [5.41, 5.74) is 1.19. The number of hydrogen-bond acceptors (Lipinski definition) is 5. The number of carbonyl (C=O) groups excluding carboxylic acids is 1. The summed E-state index contributed by atoms with van der Waals surface area (Å²) in [6, 6.07) is 0. The van der Waals surface area contributed by atoms with Crippen molar-refractivity contribution in [3.63, 3.8) is 0 Å². The normalized spacial score (nSPS) is 19.0. The fraction of sp³-hybridized carbons (Fsp3) is 0.708. The van der Waals surface area contributed by atoms with Crippen LogP contribution in [0.5, 0.6) is 0 Å². The summed E-state index contributed by atoms with van der Waals surface area (Å²) in [6.07, 6.45) is 7.24. The zero-order valence-electron chi connectivity index (χ0n) is 19.3. The van der Waals surface area contributed by atoms with Crippen molar-refractivity contribution in [3.05, 3.63) is 16.3 Å². The number of thiophene rings is 1. The monoisotopic (exact) mass is 428 g/mol. The maximum atomic E-state index is 12.7. The quantitative estimate of drug-likeness (QED) is 0.633. The van der Waals surface area contributed by atoms with Gasteiger partial charge >= 0.3 is 0 Å². The first-order chi connectivity index (χ1) is 14.3. The molecule has 0 N–H and O–H groups in total. The predicted molar refractivity (Wildman–Crippen MR) is 126 cm³/mol. The number of fused-ring (bicyclic) bond motifs is 3. The second-order valence-electron chi connectivity index (χ2n) is 9.99. The minimum absolute atomic E-state index is 0.250. The predicted octanol–water partition coefficient (Wildman–Crippen LogP) is 5.17. The molecule has 0 spiro atoms. The molecule has 6 heteroatoms. The molecular formula is C24H36N4OS. The van der Waals surface area contributed by atoms with E-state index in [1.54, 1.807) is 0 Å². The van der Waals surface area contributed by atoms with Crippen molar-refractivity contribution in [1.29, 1.82) is 0 Å². The van der Waals surface area contributed by atoms with Crippen molar-refractivity contribution in [3.8, 4) is 0 Å². The Balaban J connectivity index is 1.70. The van der Waals surface area contributed by atoms with Crippen molar-refractivity contribution in [1.82, 2.24) is 14.9 Å². The molecule has 3 heterocycles. The van der Waals surface area contributed by atoms with Gasteiger partial charge in [-0.25, -0.2) is 9.97 Å². The molecule has 0 bridgehead atoms. The van der Waals surface area contributed by atoms with Crippen LogP contribution in [0.2, 0.25) is 0 Å². The van der Waals surface area contributed by atoms with E-state index in [0.717, 1.165) is 50.7 Å². The number of amides is 1. The molecule has 2 aliphatic rings. The third-order valence-electron chi connectivity index (χ3n) is 6.62. The number of hydrogen-bond donors (Lipinski definition) is 0. The van der Waals surface area contributed by atoms with Gasteiger partial charge in [0.25, 0.3) is 0 Å². The summed E-state index contributed by atoms with van der Waals surface area (Å²) >= 11 is 1.90. The minimum atomic E-state index is -0.321. The molecule has 1 fully saturated rings. The Morgan fingerprint density at radius 1 is 1.07 bits per heavy atom. The van der Waals surface area contributed by atoms with Crippen molar-refractivity contribution >= 4 is 33.3 Å². The van der Waals surface area contributed by atoms with Crippen LogP contribution < -0.4 is 4.90 Å². The van der Waals surface area contributed by atoms with Crippen LogP contribution in [-0.4, -0.2) is 47.0 Å². The van der Waals surface area contributed by atoms with Gasteiger partial charge in [-0.1, -0.05) is 41.0 Å². The van der Waals surface area contributed by atoms with Crippen molar-refractivity contribution < 1.29 is 4.79 Å². The van der Waals surface area contributed by atoms with Gasteiger partial charge in [0.15, 0.2) is 0 Å². The fourth-order valence-electron chi connectivity index (χ4n) is 4.56. The zero-order chi connectivity index (χ0) is 21.5. The second kappa shape index (κ2) is 8.45. The Hall–Kier alpha value is -1.69. The van der Waals surface area contributed by atoms with Gasteiger partial charge in [-0.05, 0) is 37.7 Å². The highest BCUT2D eigenvalue weighted by Gasteiger charge is 2.31. The first kappa shape index (κ1) is 21.5. The molecule has 0 unspecified atom stereocenters. The topological polar surface area (TPSA) is 49.3 Å². The molecule has 4 rings (SSSR count). The molecule has 1 aliphatic heterocycles. The zero-order valence-corrected chi connectivity index (χ0v) is 20.1. The van der Waals surface area contributed by atoms with Crippen molar-refractivity contribution in [2.24, 2.45) is 5.41 Å². The smallest absolute Gasteiger partial charge is 0.228 e. The molecule has 2 aromatic rings. The summed E-state index contributed by atoms with van der Waals surface area (Å²) in [5, 5.41) is 1.31. The summed E-state index contributed by atoms with van der Waals surface area (Å²) in [7, 11) is 0. The number of aryl methyl sites for hydroxylation is 2. The highest BCUT2D eigenvalue weighted by atomic mass is 32.1. The lowest BCUT2D eigenvalue weighted by Gasteiger charge is -2.38. The van der Waals surface area contributed by atoms with Gasteiger partial charge in [0.1, 0.15) is 16.5 Å². The van der Waals surface area contributed by atoms with Gasteiger partial charge in [-0.15, -0.1) is 11.3 Å². The molecule has 30 heavy (non-hydrogen) atoms. The molecule has 164 valence electrons. The first-order valence-electron chi connectivity index (χ1n) is 11.7. The second-order valence-corrected chi connectivity index (χ2v) is 11.1. The highest BCUT2D eigenvalue weighted by Crippen LogP contribution is 2.40. The maximum Gasteiger partial charge on any atom is 0.228 e. The van der Waals surface area contributed by atoms with Crippen LogP contribution in [0.1, 0.15) is 82.5 Å². The van der Waals surface area contributed by atoms with Crippen LogP contribution in [-0.2, 0) is 17.6 Å². The Morgan fingerprint density at radius 2 is 1.77 bits per heavy atom. The van der Waals surface area contributed by atoms with E-state index in [1.807, 2.05) is 37.0 Å². The van der Waals surface area contributed by atoms with E-state index in [9.17, 15) is 4.79 Å². The lowest BCUT2D eigenvalue weighted by atomic mass is 9.94. The van der Waals surface area contributed by atoms with Crippen LogP contribution in [0, 0.1) is 5.41 Å². The lowest BCUT2D eigenvalue weighted by molar-refractivity contribution is -0.139. The van der Waals surface area contributed by atoms with Gasteiger partial charge in [0, 0.05) is 42.4 Å². The highest BCUT2D eigenvalue weighted by molar-refractivity contribution is 7.19. The van der Waals surface area contributed by atoms with E-state index in [0.29, 0.717) is 5.92 Å². The first-order valence-corrected chi connectivity index (χ1v) is 12.5. The Bertz CT molecular complexity index is 921. The molecule has 2 aromatic heterocycles. The van der Waals surface area contributed by atoms with Gasteiger partial charge in [0.2, 0.25) is 5.91 Å². The van der Waals surface area contributed by atoms with Crippen LogP contribution in [0.15, 0.2) is 0 Å². The summed E-state index contributed by atoms with van der Waals surface area (Å²) < 4.78 is 0.